The second-order valence-electron chi connectivity index (χ2n) is 8.18. The third-order valence-electron chi connectivity index (χ3n) is 6.70. The summed E-state index contributed by atoms with van der Waals surface area (Å²) in [5.41, 5.74) is 0.797. The number of rotatable bonds is 4. The van der Waals surface area contributed by atoms with Crippen molar-refractivity contribution >= 4 is 45.0 Å². The van der Waals surface area contributed by atoms with Crippen molar-refractivity contribution in [3.05, 3.63) is 71.2 Å². The molecular formula is C24H22BrN3O3. The summed E-state index contributed by atoms with van der Waals surface area (Å²) in [6.07, 6.45) is 2.31. The Hall–Kier alpha value is -2.77. The van der Waals surface area contributed by atoms with Gasteiger partial charge in [-0.1, -0.05) is 47.1 Å². The quantitative estimate of drug-likeness (QED) is 0.539. The third-order valence-corrected chi connectivity index (χ3v) is 7.23. The number of nitrogens with one attached hydrogen (secondary N) is 1. The number of nitrogens with zero attached hydrogens (tertiary/aromatic N) is 2. The van der Waals surface area contributed by atoms with Gasteiger partial charge in [0.1, 0.15) is 5.54 Å². The monoisotopic (exact) mass is 479 g/mol. The number of carbonyl (C=O) groups excluding carboxylic acids is 3. The molecule has 3 aliphatic heterocycles. The van der Waals surface area contributed by atoms with Crippen molar-refractivity contribution in [2.75, 3.05) is 16.3 Å². The second-order valence-corrected chi connectivity index (χ2v) is 9.10. The van der Waals surface area contributed by atoms with Crippen LogP contribution in [0.2, 0.25) is 0 Å². The van der Waals surface area contributed by atoms with Gasteiger partial charge in [0.05, 0.1) is 17.5 Å². The van der Waals surface area contributed by atoms with Gasteiger partial charge in [0, 0.05) is 28.3 Å². The number of imide groups is 1. The molecule has 2 saturated heterocycles. The van der Waals surface area contributed by atoms with Crippen LogP contribution in [0, 0.1) is 11.8 Å². The maximum absolute atomic E-state index is 13.8. The van der Waals surface area contributed by atoms with Crippen LogP contribution in [0.1, 0.15) is 18.9 Å². The number of fused-ring (bicyclic) bond motifs is 4. The molecule has 7 heteroatoms. The first-order chi connectivity index (χ1) is 15.0. The molecule has 0 aromatic heterocycles. The standard InChI is InChI=1S/C24H22BrN3O3/c1-3-13-27-18-8-6-5-7-16(18)24(23(27)31)20-19(17(4-2)26-24)21(29)28(22(20)30)15-11-9-14(25)10-12-15/h3,5-12,17,19-20,26H,1,4,13H2,2H3/t17-,19-,20-,24-/m0/s1. The van der Waals surface area contributed by atoms with Gasteiger partial charge >= 0.3 is 0 Å². The van der Waals surface area contributed by atoms with Crippen molar-refractivity contribution in [2.45, 2.75) is 24.9 Å². The Kier molecular flexibility index (Phi) is 4.64. The summed E-state index contributed by atoms with van der Waals surface area (Å²) in [6, 6.07) is 14.3. The molecule has 1 N–H and O–H groups in total. The van der Waals surface area contributed by atoms with Crippen LogP contribution in [0.3, 0.4) is 0 Å². The molecule has 5 rings (SSSR count). The number of amides is 3. The Labute approximate surface area is 189 Å². The van der Waals surface area contributed by atoms with Crippen LogP contribution in [-0.2, 0) is 19.9 Å². The highest BCUT2D eigenvalue weighted by Gasteiger charge is 2.71. The lowest BCUT2D eigenvalue weighted by Gasteiger charge is -2.30. The van der Waals surface area contributed by atoms with Crippen LogP contribution in [0.5, 0.6) is 0 Å². The molecule has 31 heavy (non-hydrogen) atoms. The lowest BCUT2D eigenvalue weighted by atomic mass is 9.76. The third kappa shape index (κ3) is 2.56. The molecule has 1 spiro atoms. The van der Waals surface area contributed by atoms with E-state index in [1.807, 2.05) is 31.2 Å². The van der Waals surface area contributed by atoms with Crippen LogP contribution in [-0.4, -0.2) is 30.3 Å². The number of benzene rings is 2. The van der Waals surface area contributed by atoms with E-state index in [9.17, 15) is 14.4 Å². The molecule has 0 radical (unpaired) electrons. The number of halogens is 1. The van der Waals surface area contributed by atoms with Crippen molar-refractivity contribution in [1.82, 2.24) is 5.32 Å². The largest absolute Gasteiger partial charge is 0.306 e. The molecule has 0 unspecified atom stereocenters. The fourth-order valence-corrected chi connectivity index (χ4v) is 5.72. The van der Waals surface area contributed by atoms with Crippen LogP contribution in [0.15, 0.2) is 65.7 Å². The molecule has 2 aromatic rings. The average Bonchev–Trinajstić information content (AvgIpc) is 3.34. The lowest BCUT2D eigenvalue weighted by Crippen LogP contribution is -2.55. The first kappa shape index (κ1) is 20.2. The minimum absolute atomic E-state index is 0.196. The zero-order chi connectivity index (χ0) is 21.9. The van der Waals surface area contributed by atoms with E-state index in [1.165, 1.54) is 4.90 Å². The van der Waals surface area contributed by atoms with Crippen LogP contribution >= 0.6 is 15.9 Å². The molecule has 2 fully saturated rings. The van der Waals surface area contributed by atoms with E-state index in [2.05, 4.69) is 27.8 Å². The zero-order valence-electron chi connectivity index (χ0n) is 17.0. The van der Waals surface area contributed by atoms with E-state index in [0.717, 1.165) is 15.7 Å². The average molecular weight is 480 g/mol. The topological polar surface area (TPSA) is 69.7 Å². The Morgan fingerprint density at radius 1 is 1.10 bits per heavy atom. The fourth-order valence-electron chi connectivity index (χ4n) is 5.45. The number of para-hydroxylation sites is 1. The van der Waals surface area contributed by atoms with Gasteiger partial charge in [0.15, 0.2) is 0 Å². The number of hydrogen-bond acceptors (Lipinski definition) is 4. The summed E-state index contributed by atoms with van der Waals surface area (Å²) in [5, 5.41) is 3.45. The maximum atomic E-state index is 13.8. The first-order valence-electron chi connectivity index (χ1n) is 10.4. The molecule has 0 bridgehead atoms. The van der Waals surface area contributed by atoms with Crippen molar-refractivity contribution < 1.29 is 14.4 Å². The first-order valence-corrected chi connectivity index (χ1v) is 11.2. The smallest absolute Gasteiger partial charge is 0.253 e. The molecule has 6 nitrogen and oxygen atoms in total. The summed E-state index contributed by atoms with van der Waals surface area (Å²) < 4.78 is 0.861. The summed E-state index contributed by atoms with van der Waals surface area (Å²) in [7, 11) is 0. The van der Waals surface area contributed by atoms with Crippen molar-refractivity contribution in [2.24, 2.45) is 11.8 Å². The predicted molar refractivity (Wildman–Crippen MR) is 121 cm³/mol. The van der Waals surface area contributed by atoms with Gasteiger partial charge in [-0.05, 0) is 36.8 Å². The maximum Gasteiger partial charge on any atom is 0.253 e. The van der Waals surface area contributed by atoms with Crippen LogP contribution < -0.4 is 15.1 Å². The summed E-state index contributed by atoms with van der Waals surface area (Å²) in [6.45, 7) is 6.09. The van der Waals surface area contributed by atoms with Gasteiger partial charge in [-0.3, -0.25) is 19.7 Å². The normalized spacial score (nSPS) is 29.1. The van der Waals surface area contributed by atoms with E-state index in [4.69, 9.17) is 0 Å². The molecule has 0 aliphatic carbocycles. The second kappa shape index (κ2) is 7.14. The van der Waals surface area contributed by atoms with Crippen LogP contribution in [0.4, 0.5) is 11.4 Å². The zero-order valence-corrected chi connectivity index (χ0v) is 18.6. The lowest BCUT2D eigenvalue weighted by molar-refractivity contribution is -0.132. The molecule has 4 atom stereocenters. The van der Waals surface area contributed by atoms with Gasteiger partial charge in [-0.2, -0.15) is 0 Å². The van der Waals surface area contributed by atoms with E-state index in [-0.39, 0.29) is 23.8 Å². The highest BCUT2D eigenvalue weighted by atomic mass is 79.9. The van der Waals surface area contributed by atoms with Gasteiger partial charge < -0.3 is 4.90 Å². The molecule has 2 aromatic carbocycles. The minimum atomic E-state index is -1.25. The Morgan fingerprint density at radius 2 is 1.81 bits per heavy atom. The van der Waals surface area contributed by atoms with Gasteiger partial charge in [-0.15, -0.1) is 6.58 Å². The minimum Gasteiger partial charge on any atom is -0.306 e. The molecule has 3 amide bonds. The summed E-state index contributed by atoms with van der Waals surface area (Å²) in [5.74, 6) is -2.16. The molecule has 0 saturated carbocycles. The van der Waals surface area contributed by atoms with Gasteiger partial charge in [0.25, 0.3) is 5.91 Å². The van der Waals surface area contributed by atoms with Crippen molar-refractivity contribution in [1.29, 1.82) is 0 Å². The van der Waals surface area contributed by atoms with E-state index < -0.39 is 17.4 Å². The van der Waals surface area contributed by atoms with E-state index in [1.54, 1.807) is 35.2 Å². The van der Waals surface area contributed by atoms with E-state index in [0.29, 0.717) is 18.7 Å². The predicted octanol–water partition coefficient (Wildman–Crippen LogP) is 3.36. The van der Waals surface area contributed by atoms with Gasteiger partial charge in [-0.25, -0.2) is 4.90 Å². The molecule has 3 heterocycles. The Balaban J connectivity index is 1.68. The SMILES string of the molecule is C=CCN1C(=O)[C@]2(N[C@@H](CC)[C@@H]3C(=O)N(c4ccc(Br)cc4)C(=O)[C@H]32)c2ccccc21. The number of anilines is 2. The summed E-state index contributed by atoms with van der Waals surface area (Å²) in [4.78, 5) is 44.1. The van der Waals surface area contributed by atoms with Crippen LogP contribution in [0.25, 0.3) is 0 Å². The molecule has 3 aliphatic rings. The number of hydrogen-bond donors (Lipinski definition) is 1. The van der Waals surface area contributed by atoms with Crippen molar-refractivity contribution in [3.63, 3.8) is 0 Å². The molecule has 158 valence electrons. The molecular weight excluding hydrogens is 458 g/mol. The fraction of sp³-hybridized carbons (Fsp3) is 0.292. The van der Waals surface area contributed by atoms with Gasteiger partial charge in [0.2, 0.25) is 11.8 Å². The van der Waals surface area contributed by atoms with E-state index >= 15 is 0 Å². The Bertz CT molecular complexity index is 1120. The van der Waals surface area contributed by atoms with Crippen molar-refractivity contribution in [3.8, 4) is 0 Å². The highest BCUT2D eigenvalue weighted by Crippen LogP contribution is 2.55. The summed E-state index contributed by atoms with van der Waals surface area (Å²) >= 11 is 3.39. The Morgan fingerprint density at radius 3 is 2.48 bits per heavy atom. The highest BCUT2D eigenvalue weighted by molar-refractivity contribution is 9.10. The number of carbonyl (C=O) groups is 3.